The van der Waals surface area contributed by atoms with Crippen molar-refractivity contribution >= 4 is 58.2 Å². The zero-order chi connectivity index (χ0) is 22.8. The molecule has 0 N–H and O–H groups in total. The summed E-state index contributed by atoms with van der Waals surface area (Å²) in [4.78, 5) is 20.4. The topological polar surface area (TPSA) is 67.9 Å². The van der Waals surface area contributed by atoms with Crippen LogP contribution >= 0.6 is 46.4 Å². The molecule has 1 fully saturated rings. The molecule has 2 heterocycles. The number of hydrogen-bond acceptors (Lipinski definition) is 5. The van der Waals surface area contributed by atoms with Crippen molar-refractivity contribution < 1.29 is 14.2 Å². The van der Waals surface area contributed by atoms with Crippen molar-refractivity contribution in [3.05, 3.63) is 73.4 Å². The maximum Gasteiger partial charge on any atom is 0.371 e. The smallest absolute Gasteiger partial charge is 0.360 e. The van der Waals surface area contributed by atoms with Crippen molar-refractivity contribution in [2.75, 3.05) is 13.1 Å². The summed E-state index contributed by atoms with van der Waals surface area (Å²) in [6, 6.07) is 10.1. The van der Waals surface area contributed by atoms with Crippen molar-refractivity contribution in [2.24, 2.45) is 5.16 Å². The van der Waals surface area contributed by atoms with Gasteiger partial charge in [0, 0.05) is 18.7 Å². The summed E-state index contributed by atoms with van der Waals surface area (Å²) in [6.07, 6.45) is 1.96. The van der Waals surface area contributed by atoms with E-state index in [4.69, 9.17) is 55.8 Å². The Balaban J connectivity index is 1.73. The van der Waals surface area contributed by atoms with Crippen LogP contribution in [0, 0.1) is 6.92 Å². The molecule has 2 aromatic carbocycles. The predicted octanol–water partition coefficient (Wildman–Crippen LogP) is 6.88. The predicted molar refractivity (Wildman–Crippen MR) is 126 cm³/mol. The summed E-state index contributed by atoms with van der Waals surface area (Å²) in [7, 11) is 0. The molecule has 6 nitrogen and oxygen atoms in total. The zero-order valence-electron chi connectivity index (χ0n) is 16.9. The Bertz CT molecular complexity index is 1160. The van der Waals surface area contributed by atoms with E-state index < -0.39 is 5.97 Å². The van der Waals surface area contributed by atoms with Crippen LogP contribution in [-0.2, 0) is 4.84 Å². The normalized spacial score (nSPS) is 14.2. The van der Waals surface area contributed by atoms with E-state index in [-0.39, 0.29) is 17.0 Å². The van der Waals surface area contributed by atoms with Crippen LogP contribution in [0.3, 0.4) is 0 Å². The summed E-state index contributed by atoms with van der Waals surface area (Å²) in [5, 5.41) is 9.60. The summed E-state index contributed by atoms with van der Waals surface area (Å²) >= 11 is 25.4. The first kappa shape index (κ1) is 22.9. The lowest BCUT2D eigenvalue weighted by Crippen LogP contribution is -2.30. The van der Waals surface area contributed by atoms with E-state index in [9.17, 15) is 4.79 Å². The molecule has 4 rings (SSSR count). The van der Waals surface area contributed by atoms with Gasteiger partial charge in [0.1, 0.15) is 17.0 Å². The summed E-state index contributed by atoms with van der Waals surface area (Å²) in [6.45, 7) is 3.07. The van der Waals surface area contributed by atoms with Gasteiger partial charge in [0.05, 0.1) is 25.7 Å². The Hall–Kier alpha value is -2.25. The first-order valence-corrected chi connectivity index (χ1v) is 11.3. The van der Waals surface area contributed by atoms with Gasteiger partial charge in [-0.2, -0.15) is 0 Å². The van der Waals surface area contributed by atoms with Crippen LogP contribution in [0.5, 0.6) is 0 Å². The van der Waals surface area contributed by atoms with Gasteiger partial charge in [0.25, 0.3) is 0 Å². The molecule has 1 aliphatic rings. The maximum absolute atomic E-state index is 13.1. The minimum atomic E-state index is -0.769. The molecular weight excluding hydrogens is 496 g/mol. The van der Waals surface area contributed by atoms with Crippen molar-refractivity contribution in [3.63, 3.8) is 0 Å². The van der Waals surface area contributed by atoms with Crippen LogP contribution < -0.4 is 0 Å². The molecule has 32 heavy (non-hydrogen) atoms. The highest BCUT2D eigenvalue weighted by molar-refractivity contribution is 6.40. The quantitative estimate of drug-likeness (QED) is 0.165. The Kier molecular flexibility index (Phi) is 6.96. The molecule has 10 heteroatoms. The van der Waals surface area contributed by atoms with Crippen molar-refractivity contribution in [1.29, 1.82) is 0 Å². The highest BCUT2D eigenvalue weighted by atomic mass is 35.5. The molecule has 166 valence electrons. The lowest BCUT2D eigenvalue weighted by atomic mass is 10.1. The Morgan fingerprint density at radius 2 is 1.53 bits per heavy atom. The van der Waals surface area contributed by atoms with Gasteiger partial charge >= 0.3 is 5.97 Å². The maximum atomic E-state index is 13.1. The molecule has 1 aliphatic heterocycles. The highest BCUT2D eigenvalue weighted by Gasteiger charge is 2.28. The average Bonchev–Trinajstić information content (AvgIpc) is 3.40. The second kappa shape index (κ2) is 9.71. The molecule has 0 bridgehead atoms. The fraction of sp³-hybridized carbons (Fsp3) is 0.227. The number of aryl methyl sites for hydroxylation is 1. The lowest BCUT2D eigenvalue weighted by Gasteiger charge is -2.21. The van der Waals surface area contributed by atoms with Gasteiger partial charge in [-0.25, -0.2) is 4.79 Å². The lowest BCUT2D eigenvalue weighted by molar-refractivity contribution is 0.0510. The molecule has 0 saturated carbocycles. The van der Waals surface area contributed by atoms with Gasteiger partial charge in [0.2, 0.25) is 0 Å². The van der Waals surface area contributed by atoms with Crippen molar-refractivity contribution in [3.8, 4) is 11.3 Å². The number of aromatic nitrogens is 1. The Labute approximate surface area is 204 Å². The number of halogens is 4. The second-order valence-corrected chi connectivity index (χ2v) is 8.77. The van der Waals surface area contributed by atoms with E-state index in [0.29, 0.717) is 37.1 Å². The number of hydrogen-bond donors (Lipinski definition) is 0. The van der Waals surface area contributed by atoms with E-state index in [0.717, 1.165) is 25.9 Å². The van der Waals surface area contributed by atoms with Gasteiger partial charge in [-0.15, -0.1) is 0 Å². The van der Waals surface area contributed by atoms with Gasteiger partial charge in [-0.05, 0) is 44.0 Å². The number of oxime groups is 1. The monoisotopic (exact) mass is 511 g/mol. The van der Waals surface area contributed by atoms with Crippen LogP contribution in [-0.4, -0.2) is 35.0 Å². The van der Waals surface area contributed by atoms with Crippen molar-refractivity contribution in [1.82, 2.24) is 10.1 Å². The first-order chi connectivity index (χ1) is 15.4. The third-order valence-corrected chi connectivity index (χ3v) is 6.33. The van der Waals surface area contributed by atoms with Gasteiger partial charge in [-0.1, -0.05) is 68.8 Å². The van der Waals surface area contributed by atoms with E-state index in [1.54, 1.807) is 43.3 Å². The van der Waals surface area contributed by atoms with Crippen LogP contribution in [0.25, 0.3) is 11.3 Å². The van der Waals surface area contributed by atoms with Crippen LogP contribution in [0.1, 0.15) is 34.5 Å². The summed E-state index contributed by atoms with van der Waals surface area (Å²) in [5.74, 6) is -0.137. The number of carbonyl (C=O) groups is 1. The molecule has 0 amide bonds. The number of rotatable bonds is 4. The molecule has 0 unspecified atom stereocenters. The number of amidine groups is 1. The minimum Gasteiger partial charge on any atom is -0.360 e. The Morgan fingerprint density at radius 3 is 2.12 bits per heavy atom. The average molecular weight is 513 g/mol. The van der Waals surface area contributed by atoms with E-state index >= 15 is 0 Å². The molecule has 1 saturated heterocycles. The molecular formula is C22H17Cl4N3O3. The fourth-order valence-corrected chi connectivity index (χ4v) is 4.68. The fourth-order valence-electron chi connectivity index (χ4n) is 3.54. The second-order valence-electron chi connectivity index (χ2n) is 7.14. The molecule has 0 aliphatic carbocycles. The molecule has 0 radical (unpaired) electrons. The van der Waals surface area contributed by atoms with Crippen molar-refractivity contribution in [2.45, 2.75) is 19.8 Å². The summed E-state index contributed by atoms with van der Waals surface area (Å²) in [5.41, 5.74) is 1.13. The van der Waals surface area contributed by atoms with Crippen LogP contribution in [0.15, 0.2) is 46.1 Å². The molecule has 0 atom stereocenters. The molecule has 0 spiro atoms. The number of nitrogens with zero attached hydrogens (tertiary/aromatic N) is 3. The Morgan fingerprint density at radius 1 is 0.969 bits per heavy atom. The molecule has 3 aromatic rings. The highest BCUT2D eigenvalue weighted by Crippen LogP contribution is 2.37. The van der Waals surface area contributed by atoms with E-state index in [1.165, 1.54) is 0 Å². The minimum absolute atomic E-state index is 0.0785. The van der Waals surface area contributed by atoms with E-state index in [1.807, 2.05) is 4.90 Å². The van der Waals surface area contributed by atoms with Gasteiger partial charge < -0.3 is 14.3 Å². The van der Waals surface area contributed by atoms with Crippen LogP contribution in [0.2, 0.25) is 20.1 Å². The first-order valence-electron chi connectivity index (χ1n) is 9.77. The summed E-state index contributed by atoms with van der Waals surface area (Å²) < 4.78 is 5.24. The van der Waals surface area contributed by atoms with Gasteiger partial charge in [-0.3, -0.25) is 0 Å². The third kappa shape index (κ3) is 4.46. The van der Waals surface area contributed by atoms with Gasteiger partial charge in [0.15, 0.2) is 5.84 Å². The number of carbonyl (C=O) groups excluding carboxylic acids is 1. The zero-order valence-corrected chi connectivity index (χ0v) is 19.9. The van der Waals surface area contributed by atoms with E-state index in [2.05, 4.69) is 10.3 Å². The van der Waals surface area contributed by atoms with Crippen LogP contribution in [0.4, 0.5) is 0 Å². The molecule has 1 aromatic heterocycles. The number of benzene rings is 2. The SMILES string of the molecule is Cc1onc(-c2c(Cl)cccc2Cl)c1C(=O)O/N=C(/c1c(Cl)cccc1Cl)N1CCCC1. The largest absolute Gasteiger partial charge is 0.371 e. The third-order valence-electron chi connectivity index (χ3n) is 5.07. The number of likely N-dealkylation sites (tertiary alicyclic amines) is 1. The standard InChI is InChI=1S/C22H17Cl4N3O3/c1-12-17(20(27-31-12)18-13(23)6-4-7-14(18)24)22(30)32-28-21(29-10-2-3-11-29)19-15(25)8-5-9-16(19)26/h4-9H,2-3,10-11H2,1H3/b28-21-.